The molecule has 2 rings (SSSR count). The van der Waals surface area contributed by atoms with Gasteiger partial charge in [-0.1, -0.05) is 13.8 Å². The summed E-state index contributed by atoms with van der Waals surface area (Å²) in [5.41, 5.74) is 0. The minimum absolute atomic E-state index is 0.141. The molecule has 2 heterocycles. The molecule has 0 aromatic carbocycles. The Labute approximate surface area is 92.2 Å². The predicted molar refractivity (Wildman–Crippen MR) is 60.5 cm³/mol. The number of carbonyl (C=O) groups is 1. The minimum Gasteiger partial charge on any atom is -0.341 e. The Kier molecular flexibility index (Phi) is 3.29. The molecule has 0 aliphatic carbocycles. The molecule has 86 valence electrons. The van der Waals surface area contributed by atoms with Gasteiger partial charge in [0.1, 0.15) is 0 Å². The molecule has 2 aliphatic heterocycles. The third kappa shape index (κ3) is 2.51. The van der Waals surface area contributed by atoms with E-state index in [1.807, 2.05) is 0 Å². The summed E-state index contributed by atoms with van der Waals surface area (Å²) in [6.45, 7) is 7.51. The topological polar surface area (TPSA) is 32.3 Å². The van der Waals surface area contributed by atoms with Gasteiger partial charge in [0.15, 0.2) is 0 Å². The first-order valence-electron chi connectivity index (χ1n) is 6.19. The van der Waals surface area contributed by atoms with Crippen molar-refractivity contribution < 1.29 is 4.79 Å². The molecule has 3 nitrogen and oxygen atoms in total. The lowest BCUT2D eigenvalue weighted by Gasteiger charge is -2.30. The van der Waals surface area contributed by atoms with Gasteiger partial charge in [-0.15, -0.1) is 0 Å². The van der Waals surface area contributed by atoms with Crippen molar-refractivity contribution in [3.8, 4) is 0 Å². The zero-order valence-corrected chi connectivity index (χ0v) is 9.83. The van der Waals surface area contributed by atoms with Gasteiger partial charge in [-0.05, 0) is 37.6 Å². The second-order valence-electron chi connectivity index (χ2n) is 5.36. The number of amides is 1. The fourth-order valence-electron chi connectivity index (χ4n) is 2.61. The fourth-order valence-corrected chi connectivity index (χ4v) is 2.61. The Balaban J connectivity index is 1.78. The molecule has 0 aromatic rings. The summed E-state index contributed by atoms with van der Waals surface area (Å²) in [5, 5.41) is 3.19. The second-order valence-corrected chi connectivity index (χ2v) is 5.36. The quantitative estimate of drug-likeness (QED) is 0.760. The third-order valence-corrected chi connectivity index (χ3v) is 3.52. The first-order valence-corrected chi connectivity index (χ1v) is 6.19. The molecule has 0 saturated carbocycles. The Morgan fingerprint density at radius 3 is 2.73 bits per heavy atom. The van der Waals surface area contributed by atoms with Crippen molar-refractivity contribution in [3.63, 3.8) is 0 Å². The van der Waals surface area contributed by atoms with Crippen LogP contribution in [-0.2, 0) is 4.79 Å². The normalized spacial score (nSPS) is 30.7. The number of carbonyl (C=O) groups excluding carboxylic acids is 1. The van der Waals surface area contributed by atoms with E-state index in [0.29, 0.717) is 5.91 Å². The molecule has 1 amide bonds. The molecule has 2 fully saturated rings. The summed E-state index contributed by atoms with van der Waals surface area (Å²) in [7, 11) is 0. The average Bonchev–Trinajstić information content (AvgIpc) is 2.48. The Morgan fingerprint density at radius 2 is 2.20 bits per heavy atom. The zero-order chi connectivity index (χ0) is 10.8. The fraction of sp³-hybridized carbons (Fsp3) is 0.917. The molecular formula is C12H22N2O. The second kappa shape index (κ2) is 4.52. The molecule has 0 aromatic heterocycles. The van der Waals surface area contributed by atoms with E-state index in [9.17, 15) is 4.79 Å². The van der Waals surface area contributed by atoms with Crippen molar-refractivity contribution in [3.05, 3.63) is 0 Å². The monoisotopic (exact) mass is 210 g/mol. The first kappa shape index (κ1) is 10.9. The summed E-state index contributed by atoms with van der Waals surface area (Å²) >= 11 is 0. The highest BCUT2D eigenvalue weighted by atomic mass is 16.2. The summed E-state index contributed by atoms with van der Waals surface area (Å²) in [4.78, 5) is 14.0. The van der Waals surface area contributed by atoms with Crippen molar-refractivity contribution in [2.75, 3.05) is 19.6 Å². The summed E-state index contributed by atoms with van der Waals surface area (Å²) < 4.78 is 0. The summed E-state index contributed by atoms with van der Waals surface area (Å²) in [6, 6.07) is 0.141. The molecule has 3 heteroatoms. The van der Waals surface area contributed by atoms with E-state index in [1.54, 1.807) is 0 Å². The van der Waals surface area contributed by atoms with Gasteiger partial charge in [-0.3, -0.25) is 4.79 Å². The Hall–Kier alpha value is -0.570. The van der Waals surface area contributed by atoms with E-state index in [1.165, 1.54) is 12.8 Å². The van der Waals surface area contributed by atoms with Gasteiger partial charge in [0.25, 0.3) is 0 Å². The summed E-state index contributed by atoms with van der Waals surface area (Å²) in [5.74, 6) is 1.84. The van der Waals surface area contributed by atoms with Crippen molar-refractivity contribution in [2.45, 2.75) is 39.2 Å². The first-order chi connectivity index (χ1) is 7.16. The summed E-state index contributed by atoms with van der Waals surface area (Å²) in [6.07, 6.45) is 3.50. The maximum Gasteiger partial charge on any atom is 0.239 e. The van der Waals surface area contributed by atoms with Crippen LogP contribution in [0.3, 0.4) is 0 Å². The number of hydrogen-bond acceptors (Lipinski definition) is 2. The third-order valence-electron chi connectivity index (χ3n) is 3.52. The van der Waals surface area contributed by atoms with Gasteiger partial charge in [0.05, 0.1) is 6.04 Å². The standard InChI is InChI=1S/C12H22N2O/c1-9(2)7-10-4-6-14(8-10)12(15)11-3-5-13-11/h9-11,13H,3-8H2,1-2H3/t10?,11-/m1/s1. The lowest BCUT2D eigenvalue weighted by Crippen LogP contribution is -2.53. The van der Waals surface area contributed by atoms with Crippen LogP contribution < -0.4 is 5.32 Å². The van der Waals surface area contributed by atoms with Crippen LogP contribution in [0.25, 0.3) is 0 Å². The van der Waals surface area contributed by atoms with Gasteiger partial charge in [-0.25, -0.2) is 0 Å². The zero-order valence-electron chi connectivity index (χ0n) is 9.83. The lowest BCUT2D eigenvalue weighted by atomic mass is 9.97. The van der Waals surface area contributed by atoms with Crippen LogP contribution in [0.1, 0.15) is 33.1 Å². The lowest BCUT2D eigenvalue weighted by molar-refractivity contribution is -0.134. The van der Waals surface area contributed by atoms with Gasteiger partial charge >= 0.3 is 0 Å². The van der Waals surface area contributed by atoms with Crippen LogP contribution in [0, 0.1) is 11.8 Å². The highest BCUT2D eigenvalue weighted by Gasteiger charge is 2.33. The van der Waals surface area contributed by atoms with Crippen LogP contribution in [0.5, 0.6) is 0 Å². The number of rotatable bonds is 3. The van der Waals surface area contributed by atoms with Crippen molar-refractivity contribution in [2.24, 2.45) is 11.8 Å². The highest BCUT2D eigenvalue weighted by Crippen LogP contribution is 2.24. The number of nitrogens with one attached hydrogen (secondary N) is 1. The molecule has 1 N–H and O–H groups in total. The maximum atomic E-state index is 11.9. The van der Waals surface area contributed by atoms with Crippen LogP contribution in [0.15, 0.2) is 0 Å². The molecule has 2 atom stereocenters. The van der Waals surface area contributed by atoms with E-state index in [0.717, 1.165) is 37.9 Å². The Morgan fingerprint density at radius 1 is 1.47 bits per heavy atom. The van der Waals surface area contributed by atoms with Gasteiger partial charge in [0.2, 0.25) is 5.91 Å². The van der Waals surface area contributed by atoms with Crippen molar-refractivity contribution in [1.29, 1.82) is 0 Å². The van der Waals surface area contributed by atoms with Crippen LogP contribution in [0.2, 0.25) is 0 Å². The van der Waals surface area contributed by atoms with E-state index in [-0.39, 0.29) is 6.04 Å². The van der Waals surface area contributed by atoms with E-state index < -0.39 is 0 Å². The number of likely N-dealkylation sites (tertiary alicyclic amines) is 1. The molecular weight excluding hydrogens is 188 g/mol. The SMILES string of the molecule is CC(C)CC1CCN(C(=O)[C@H]2CCN2)C1. The molecule has 2 saturated heterocycles. The smallest absolute Gasteiger partial charge is 0.239 e. The predicted octanol–water partition coefficient (Wildman–Crippen LogP) is 1.24. The van der Waals surface area contributed by atoms with Gasteiger partial charge in [0, 0.05) is 13.1 Å². The molecule has 2 aliphatic rings. The maximum absolute atomic E-state index is 11.9. The molecule has 1 unspecified atom stereocenters. The highest BCUT2D eigenvalue weighted by molar-refractivity contribution is 5.83. The van der Waals surface area contributed by atoms with Crippen molar-refractivity contribution >= 4 is 5.91 Å². The molecule has 0 spiro atoms. The average molecular weight is 210 g/mol. The molecule has 0 bridgehead atoms. The number of hydrogen-bond donors (Lipinski definition) is 1. The van der Waals surface area contributed by atoms with E-state index >= 15 is 0 Å². The Bertz CT molecular complexity index is 236. The van der Waals surface area contributed by atoms with Gasteiger partial charge < -0.3 is 10.2 Å². The minimum atomic E-state index is 0.141. The van der Waals surface area contributed by atoms with Crippen LogP contribution >= 0.6 is 0 Å². The largest absolute Gasteiger partial charge is 0.341 e. The molecule has 15 heavy (non-hydrogen) atoms. The number of nitrogens with zero attached hydrogens (tertiary/aromatic N) is 1. The van der Waals surface area contributed by atoms with Crippen LogP contribution in [-0.4, -0.2) is 36.5 Å². The molecule has 0 radical (unpaired) electrons. The van der Waals surface area contributed by atoms with Crippen molar-refractivity contribution in [1.82, 2.24) is 10.2 Å². The van der Waals surface area contributed by atoms with E-state index in [2.05, 4.69) is 24.1 Å². The van der Waals surface area contributed by atoms with E-state index in [4.69, 9.17) is 0 Å². The van der Waals surface area contributed by atoms with Crippen LogP contribution in [0.4, 0.5) is 0 Å². The van der Waals surface area contributed by atoms with Gasteiger partial charge in [-0.2, -0.15) is 0 Å².